The Kier molecular flexibility index (Phi) is 4.10. The summed E-state index contributed by atoms with van der Waals surface area (Å²) in [5.74, 6) is 0.125. The van der Waals surface area contributed by atoms with Crippen LogP contribution in [0.25, 0.3) is 27.9 Å². The summed E-state index contributed by atoms with van der Waals surface area (Å²) >= 11 is 0. The quantitative estimate of drug-likeness (QED) is 0.500. The van der Waals surface area contributed by atoms with E-state index in [9.17, 15) is 9.59 Å². The highest BCUT2D eigenvalue weighted by atomic mass is 16.3. The lowest BCUT2D eigenvalue weighted by atomic mass is 10.1. The maximum absolute atomic E-state index is 12.7. The highest BCUT2D eigenvalue weighted by Crippen LogP contribution is 2.22. The molecule has 8 nitrogen and oxygen atoms in total. The van der Waals surface area contributed by atoms with Crippen LogP contribution < -0.4 is 10.7 Å². The fourth-order valence-corrected chi connectivity index (χ4v) is 3.21. The van der Waals surface area contributed by atoms with Crippen molar-refractivity contribution in [3.63, 3.8) is 0 Å². The molecule has 3 aromatic heterocycles. The van der Waals surface area contributed by atoms with Gasteiger partial charge in [-0.2, -0.15) is 9.61 Å². The number of anilines is 1. The van der Waals surface area contributed by atoms with Crippen LogP contribution in [0.1, 0.15) is 16.4 Å². The summed E-state index contributed by atoms with van der Waals surface area (Å²) in [4.78, 5) is 24.9. The van der Waals surface area contributed by atoms with Gasteiger partial charge in [-0.1, -0.05) is 24.3 Å². The van der Waals surface area contributed by atoms with Gasteiger partial charge in [0.15, 0.2) is 22.7 Å². The van der Waals surface area contributed by atoms with Crippen molar-refractivity contribution >= 4 is 28.2 Å². The Morgan fingerprint density at radius 1 is 1.00 bits per heavy atom. The third-order valence-corrected chi connectivity index (χ3v) is 4.69. The Morgan fingerprint density at radius 3 is 2.77 bits per heavy atom. The van der Waals surface area contributed by atoms with Crippen molar-refractivity contribution in [2.24, 2.45) is 0 Å². The van der Waals surface area contributed by atoms with E-state index in [1.54, 1.807) is 40.9 Å². The number of nitrogens with zero attached hydrogens (tertiary/aromatic N) is 4. The zero-order chi connectivity index (χ0) is 20.7. The third-order valence-electron chi connectivity index (χ3n) is 4.69. The normalized spacial score (nSPS) is 11.1. The van der Waals surface area contributed by atoms with Crippen molar-refractivity contribution in [3.05, 3.63) is 88.5 Å². The topological polar surface area (TPSA) is 102 Å². The second-order valence-electron chi connectivity index (χ2n) is 6.74. The lowest BCUT2D eigenvalue weighted by Crippen LogP contribution is -2.15. The number of rotatable bonds is 3. The van der Waals surface area contributed by atoms with E-state index in [2.05, 4.69) is 20.6 Å². The van der Waals surface area contributed by atoms with E-state index in [0.29, 0.717) is 33.8 Å². The smallest absolute Gasteiger partial charge is 0.291 e. The molecule has 0 fully saturated rings. The molecule has 2 aromatic carbocycles. The molecule has 0 aliphatic rings. The van der Waals surface area contributed by atoms with Gasteiger partial charge in [-0.3, -0.25) is 9.59 Å². The Balaban J connectivity index is 1.46. The molecule has 5 rings (SSSR count). The zero-order valence-electron chi connectivity index (χ0n) is 15.9. The van der Waals surface area contributed by atoms with E-state index in [1.807, 2.05) is 31.2 Å². The first-order valence-corrected chi connectivity index (χ1v) is 9.22. The summed E-state index contributed by atoms with van der Waals surface area (Å²) in [6, 6.07) is 18.9. The zero-order valence-corrected chi connectivity index (χ0v) is 15.9. The van der Waals surface area contributed by atoms with Crippen LogP contribution in [0, 0.1) is 6.92 Å². The Hall–Kier alpha value is -4.33. The van der Waals surface area contributed by atoms with Crippen molar-refractivity contribution in [2.45, 2.75) is 6.92 Å². The molecule has 0 radical (unpaired) electrons. The van der Waals surface area contributed by atoms with Gasteiger partial charge in [0, 0.05) is 17.3 Å². The number of fused-ring (bicyclic) bond motifs is 2. The van der Waals surface area contributed by atoms with Crippen molar-refractivity contribution < 1.29 is 9.21 Å². The van der Waals surface area contributed by atoms with Crippen LogP contribution in [0.4, 0.5) is 5.69 Å². The van der Waals surface area contributed by atoms with Gasteiger partial charge in [0.25, 0.3) is 5.91 Å². The molecule has 3 heterocycles. The van der Waals surface area contributed by atoms with E-state index in [1.165, 1.54) is 6.07 Å². The average Bonchev–Trinajstić information content (AvgIpc) is 3.14. The van der Waals surface area contributed by atoms with E-state index in [-0.39, 0.29) is 11.2 Å². The number of nitrogens with one attached hydrogen (secondary N) is 1. The molecule has 8 heteroatoms. The fraction of sp³-hybridized carbons (Fsp3) is 0.0455. The number of hydrogen-bond acceptors (Lipinski definition) is 6. The Morgan fingerprint density at radius 2 is 1.87 bits per heavy atom. The van der Waals surface area contributed by atoms with Gasteiger partial charge in [-0.25, -0.2) is 0 Å². The highest BCUT2D eigenvalue weighted by molar-refractivity contribution is 6.03. The third kappa shape index (κ3) is 3.10. The summed E-state index contributed by atoms with van der Waals surface area (Å²) in [6.07, 6.45) is 0. The molecule has 1 N–H and O–H groups in total. The lowest BCUT2D eigenvalue weighted by molar-refractivity contribution is 0.0997. The van der Waals surface area contributed by atoms with Crippen LogP contribution in [-0.2, 0) is 0 Å². The molecule has 0 unspecified atom stereocenters. The van der Waals surface area contributed by atoms with Crippen LogP contribution in [0.5, 0.6) is 0 Å². The predicted molar refractivity (Wildman–Crippen MR) is 111 cm³/mol. The van der Waals surface area contributed by atoms with Crippen molar-refractivity contribution in [3.8, 4) is 11.3 Å². The van der Waals surface area contributed by atoms with Gasteiger partial charge in [-0.15, -0.1) is 10.2 Å². The predicted octanol–water partition coefficient (Wildman–Crippen LogP) is 3.46. The van der Waals surface area contributed by atoms with Crippen LogP contribution in [0.15, 0.2) is 75.9 Å². The number of para-hydroxylation sites is 1. The van der Waals surface area contributed by atoms with E-state index in [4.69, 9.17) is 4.42 Å². The minimum absolute atomic E-state index is 0.0521. The number of benzene rings is 2. The summed E-state index contributed by atoms with van der Waals surface area (Å²) in [6.45, 7) is 1.82. The molecule has 1 amide bonds. The van der Waals surface area contributed by atoms with Crippen LogP contribution in [0.2, 0.25) is 0 Å². The number of carbonyl (C=O) groups is 1. The number of carbonyl (C=O) groups excluding carboxylic acids is 1. The van der Waals surface area contributed by atoms with E-state index in [0.717, 1.165) is 5.56 Å². The fourth-order valence-electron chi connectivity index (χ4n) is 3.21. The van der Waals surface area contributed by atoms with Gasteiger partial charge in [0.1, 0.15) is 5.58 Å². The maximum Gasteiger partial charge on any atom is 0.291 e. The van der Waals surface area contributed by atoms with Gasteiger partial charge < -0.3 is 9.73 Å². The van der Waals surface area contributed by atoms with Crippen LogP contribution in [-0.4, -0.2) is 25.7 Å². The second-order valence-corrected chi connectivity index (χ2v) is 6.74. The SMILES string of the molecule is Cc1nnc2ccc(-c3cccc(NC(=O)c4cc(=O)c5ccccc5o4)c3)nn12. The van der Waals surface area contributed by atoms with Crippen LogP contribution in [0.3, 0.4) is 0 Å². The molecule has 30 heavy (non-hydrogen) atoms. The van der Waals surface area contributed by atoms with E-state index < -0.39 is 5.91 Å². The van der Waals surface area contributed by atoms with E-state index >= 15 is 0 Å². The molecule has 146 valence electrons. The summed E-state index contributed by atoms with van der Waals surface area (Å²) < 4.78 is 7.26. The molecule has 0 atom stereocenters. The second kappa shape index (κ2) is 6.93. The molecule has 0 aliphatic heterocycles. The summed E-state index contributed by atoms with van der Waals surface area (Å²) in [7, 11) is 0. The number of aryl methyl sites for hydroxylation is 1. The summed E-state index contributed by atoms with van der Waals surface area (Å²) in [5.41, 5.74) is 2.83. The minimum Gasteiger partial charge on any atom is -0.451 e. The first-order valence-electron chi connectivity index (χ1n) is 9.22. The number of amides is 1. The van der Waals surface area contributed by atoms with Gasteiger partial charge in [0.2, 0.25) is 0 Å². The van der Waals surface area contributed by atoms with Crippen molar-refractivity contribution in [1.29, 1.82) is 0 Å². The Labute approximate surface area is 169 Å². The molecule has 0 bridgehead atoms. The monoisotopic (exact) mass is 397 g/mol. The first-order chi connectivity index (χ1) is 14.6. The molecular weight excluding hydrogens is 382 g/mol. The maximum atomic E-state index is 12.7. The Bertz CT molecular complexity index is 1490. The molecular formula is C22H15N5O3. The number of aromatic nitrogens is 4. The van der Waals surface area contributed by atoms with Gasteiger partial charge >= 0.3 is 0 Å². The minimum atomic E-state index is -0.506. The molecule has 0 saturated carbocycles. The lowest BCUT2D eigenvalue weighted by Gasteiger charge is -2.08. The largest absolute Gasteiger partial charge is 0.451 e. The van der Waals surface area contributed by atoms with Gasteiger partial charge in [0.05, 0.1) is 11.1 Å². The molecule has 0 aliphatic carbocycles. The van der Waals surface area contributed by atoms with Crippen LogP contribution >= 0.6 is 0 Å². The average molecular weight is 397 g/mol. The molecule has 0 spiro atoms. The van der Waals surface area contributed by atoms with Gasteiger partial charge in [-0.05, 0) is 43.3 Å². The van der Waals surface area contributed by atoms with Crippen molar-refractivity contribution in [2.75, 3.05) is 5.32 Å². The highest BCUT2D eigenvalue weighted by Gasteiger charge is 2.13. The molecule has 5 aromatic rings. The standard InChI is InChI=1S/C22H15N5O3/c1-13-24-25-21-10-9-17(26-27(13)21)14-5-4-6-15(11-14)23-22(29)20-12-18(28)16-7-2-3-8-19(16)30-20/h2-12H,1H3,(H,23,29). The molecule has 0 saturated heterocycles. The summed E-state index contributed by atoms with van der Waals surface area (Å²) in [5, 5.41) is 15.8. The number of hydrogen-bond donors (Lipinski definition) is 1. The first kappa shape index (κ1) is 17.7. The van der Waals surface area contributed by atoms with Crippen molar-refractivity contribution in [1.82, 2.24) is 19.8 Å².